The highest BCUT2D eigenvalue weighted by Crippen LogP contribution is 2.19. The number of para-hydroxylation sites is 1. The number of H-pyrrole nitrogens is 1. The third kappa shape index (κ3) is 9.59. The number of amides is 3. The average Bonchev–Trinajstić information content (AvgIpc) is 3.29. The largest absolute Gasteiger partial charge is 0.481 e. The van der Waals surface area contributed by atoms with Crippen LogP contribution in [0.1, 0.15) is 38.7 Å². The second kappa shape index (κ2) is 15.1. The number of carbonyl (C=O) groups excluding carboxylic acids is 3. The Morgan fingerprint density at radius 2 is 1.62 bits per heavy atom. The van der Waals surface area contributed by atoms with Crippen molar-refractivity contribution in [1.82, 2.24) is 20.9 Å². The normalized spacial score (nSPS) is 14.3. The number of thioether (sulfide) groups is 1. The van der Waals surface area contributed by atoms with E-state index in [1.165, 1.54) is 0 Å². The van der Waals surface area contributed by atoms with Gasteiger partial charge in [0.25, 0.3) is 0 Å². The van der Waals surface area contributed by atoms with Crippen LogP contribution < -0.4 is 21.7 Å². The number of carboxylic acids is 2. The summed E-state index contributed by atoms with van der Waals surface area (Å²) in [6, 6.07) is 2.87. The number of carboxylic acid groups (broad SMARTS) is 2. The lowest BCUT2D eigenvalue weighted by molar-refractivity contribution is -0.143. The zero-order valence-electron chi connectivity index (χ0n) is 22.2. The fourth-order valence-corrected chi connectivity index (χ4v) is 4.45. The molecule has 0 aliphatic rings. The summed E-state index contributed by atoms with van der Waals surface area (Å²) in [5, 5.41) is 26.9. The number of hydrogen-bond acceptors (Lipinski definition) is 7. The molecular weight excluding hydrogens is 526 g/mol. The number of carbonyl (C=O) groups is 5. The van der Waals surface area contributed by atoms with Crippen molar-refractivity contribution >= 4 is 52.3 Å². The fourth-order valence-electron chi connectivity index (χ4n) is 3.96. The molecule has 1 heterocycles. The molecule has 0 spiro atoms. The zero-order valence-corrected chi connectivity index (χ0v) is 23.0. The summed E-state index contributed by atoms with van der Waals surface area (Å²) in [6.45, 7) is 3.47. The first-order valence-corrected chi connectivity index (χ1v) is 14.0. The van der Waals surface area contributed by atoms with Gasteiger partial charge in [-0.25, -0.2) is 4.79 Å². The number of benzene rings is 1. The average molecular weight is 564 g/mol. The van der Waals surface area contributed by atoms with Gasteiger partial charge in [0.05, 0.1) is 6.04 Å². The lowest BCUT2D eigenvalue weighted by Gasteiger charge is -2.27. The van der Waals surface area contributed by atoms with Gasteiger partial charge in [-0.2, -0.15) is 11.8 Å². The van der Waals surface area contributed by atoms with Crippen LogP contribution in [0.15, 0.2) is 30.5 Å². The summed E-state index contributed by atoms with van der Waals surface area (Å²) in [5.74, 6) is -4.19. The molecule has 0 aliphatic carbocycles. The van der Waals surface area contributed by atoms with Crippen LogP contribution >= 0.6 is 11.8 Å². The molecular formula is C26H37N5O7S. The summed E-state index contributed by atoms with van der Waals surface area (Å²) in [7, 11) is 0. The maximum atomic E-state index is 13.3. The Labute approximate surface area is 230 Å². The quantitative estimate of drug-likeness (QED) is 0.154. The molecule has 4 unspecified atom stereocenters. The van der Waals surface area contributed by atoms with Gasteiger partial charge in [-0.1, -0.05) is 32.0 Å². The van der Waals surface area contributed by atoms with E-state index in [1.807, 2.05) is 30.5 Å². The molecule has 2 aromatic rings. The predicted molar refractivity (Wildman–Crippen MR) is 148 cm³/mol. The first-order chi connectivity index (χ1) is 18.4. The molecule has 0 saturated heterocycles. The summed E-state index contributed by atoms with van der Waals surface area (Å²) >= 11 is 1.54. The Balaban J connectivity index is 2.29. The van der Waals surface area contributed by atoms with E-state index < -0.39 is 60.2 Å². The topological polar surface area (TPSA) is 204 Å². The van der Waals surface area contributed by atoms with Crippen LogP contribution in [-0.2, 0) is 30.4 Å². The van der Waals surface area contributed by atoms with Gasteiger partial charge in [0.1, 0.15) is 18.1 Å². The Bertz CT molecular complexity index is 1170. The molecule has 0 bridgehead atoms. The number of aromatic nitrogens is 1. The molecule has 8 N–H and O–H groups in total. The summed E-state index contributed by atoms with van der Waals surface area (Å²) in [5.41, 5.74) is 7.47. The minimum atomic E-state index is -1.47. The Kier molecular flexibility index (Phi) is 12.3. The molecule has 1 aromatic heterocycles. The van der Waals surface area contributed by atoms with E-state index in [4.69, 9.17) is 10.8 Å². The van der Waals surface area contributed by atoms with Gasteiger partial charge < -0.3 is 36.9 Å². The van der Waals surface area contributed by atoms with E-state index in [-0.39, 0.29) is 18.8 Å². The van der Waals surface area contributed by atoms with Gasteiger partial charge in [-0.3, -0.25) is 19.2 Å². The minimum Gasteiger partial charge on any atom is -0.481 e. The molecule has 0 radical (unpaired) electrons. The van der Waals surface area contributed by atoms with Crippen molar-refractivity contribution in [3.63, 3.8) is 0 Å². The fraction of sp³-hybridized carbons (Fsp3) is 0.500. The minimum absolute atomic E-state index is 0.0128. The molecule has 1 aromatic carbocycles. The highest BCUT2D eigenvalue weighted by atomic mass is 32.2. The predicted octanol–water partition coefficient (Wildman–Crippen LogP) is 0.851. The first-order valence-electron chi connectivity index (χ1n) is 12.6. The Morgan fingerprint density at radius 1 is 0.949 bits per heavy atom. The van der Waals surface area contributed by atoms with Gasteiger partial charge in [-0.15, -0.1) is 0 Å². The zero-order chi connectivity index (χ0) is 29.1. The summed E-state index contributed by atoms with van der Waals surface area (Å²) in [4.78, 5) is 65.0. The standard InChI is InChI=1S/C26H37N5O7S/c1-14(2)22(31-23(34)17(27)10-11-39-3)25(36)30-20(12-15-13-28-18-7-5-4-6-16(15)18)24(35)29-19(26(37)38)8-9-21(32)33/h4-7,13-14,17,19-20,22,28H,8-12,27H2,1-3H3,(H,29,35)(H,30,36)(H,31,34)(H,32,33)(H,37,38). The van der Waals surface area contributed by atoms with E-state index in [1.54, 1.807) is 31.8 Å². The smallest absolute Gasteiger partial charge is 0.326 e. The van der Waals surface area contributed by atoms with Crippen molar-refractivity contribution in [1.29, 1.82) is 0 Å². The van der Waals surface area contributed by atoms with Crippen LogP contribution in [0.5, 0.6) is 0 Å². The van der Waals surface area contributed by atoms with E-state index in [9.17, 15) is 29.1 Å². The van der Waals surface area contributed by atoms with Gasteiger partial charge >= 0.3 is 11.9 Å². The summed E-state index contributed by atoms with van der Waals surface area (Å²) < 4.78 is 0. The molecule has 12 nitrogen and oxygen atoms in total. The van der Waals surface area contributed by atoms with Crippen molar-refractivity contribution in [3.05, 3.63) is 36.0 Å². The number of aliphatic carboxylic acids is 2. The second-order valence-corrected chi connectivity index (χ2v) is 10.6. The maximum Gasteiger partial charge on any atom is 0.326 e. The van der Waals surface area contributed by atoms with Crippen LogP contribution in [0.2, 0.25) is 0 Å². The van der Waals surface area contributed by atoms with Crippen molar-refractivity contribution in [2.45, 2.75) is 63.7 Å². The number of fused-ring (bicyclic) bond motifs is 1. The van der Waals surface area contributed by atoms with Crippen molar-refractivity contribution in [3.8, 4) is 0 Å². The molecule has 3 amide bonds. The third-order valence-corrected chi connectivity index (χ3v) is 6.85. The van der Waals surface area contributed by atoms with Crippen molar-refractivity contribution in [2.24, 2.45) is 11.7 Å². The monoisotopic (exact) mass is 563 g/mol. The van der Waals surface area contributed by atoms with Crippen LogP contribution in [0.3, 0.4) is 0 Å². The molecule has 0 fully saturated rings. The lowest BCUT2D eigenvalue weighted by Crippen LogP contribution is -2.59. The van der Waals surface area contributed by atoms with E-state index >= 15 is 0 Å². The van der Waals surface area contributed by atoms with E-state index in [2.05, 4.69) is 20.9 Å². The summed E-state index contributed by atoms with van der Waals surface area (Å²) in [6.07, 6.45) is 3.24. The van der Waals surface area contributed by atoms with Crippen molar-refractivity contribution < 1.29 is 34.2 Å². The maximum absolute atomic E-state index is 13.3. The van der Waals surface area contributed by atoms with Crippen LogP contribution in [0.25, 0.3) is 10.9 Å². The first kappa shape index (κ1) is 31.6. The van der Waals surface area contributed by atoms with Gasteiger partial charge in [0.2, 0.25) is 17.7 Å². The van der Waals surface area contributed by atoms with Crippen molar-refractivity contribution in [2.75, 3.05) is 12.0 Å². The van der Waals surface area contributed by atoms with Crippen LogP contribution in [0.4, 0.5) is 0 Å². The lowest BCUT2D eigenvalue weighted by atomic mass is 10.00. The van der Waals surface area contributed by atoms with Gasteiger partial charge in [0, 0.05) is 29.9 Å². The molecule has 0 saturated carbocycles. The number of nitrogens with one attached hydrogen (secondary N) is 4. The molecule has 39 heavy (non-hydrogen) atoms. The third-order valence-electron chi connectivity index (χ3n) is 6.21. The Hall–Kier alpha value is -3.58. The molecule has 214 valence electrons. The second-order valence-electron chi connectivity index (χ2n) is 9.57. The van der Waals surface area contributed by atoms with Crippen LogP contribution in [0, 0.1) is 5.92 Å². The highest BCUT2D eigenvalue weighted by molar-refractivity contribution is 7.98. The number of nitrogens with two attached hydrogens (primary N) is 1. The van der Waals surface area contributed by atoms with Gasteiger partial charge in [-0.05, 0) is 42.4 Å². The molecule has 4 atom stereocenters. The molecule has 13 heteroatoms. The van der Waals surface area contributed by atoms with Crippen LogP contribution in [-0.4, -0.2) is 81.0 Å². The highest BCUT2D eigenvalue weighted by Gasteiger charge is 2.32. The van der Waals surface area contributed by atoms with Gasteiger partial charge in [0.15, 0.2) is 0 Å². The number of hydrogen-bond donors (Lipinski definition) is 7. The molecule has 2 rings (SSSR count). The number of rotatable bonds is 16. The SMILES string of the molecule is CSCCC(N)C(=O)NC(C(=O)NC(Cc1c[nH]c2ccccc12)C(=O)NC(CCC(=O)O)C(=O)O)C(C)C. The Morgan fingerprint density at radius 3 is 2.23 bits per heavy atom. The van der Waals surface area contributed by atoms with E-state index in [0.717, 1.165) is 10.9 Å². The van der Waals surface area contributed by atoms with E-state index in [0.29, 0.717) is 17.7 Å². The number of aromatic amines is 1. The molecule has 0 aliphatic heterocycles.